The first-order valence-electron chi connectivity index (χ1n) is 8.53. The number of aryl methyl sites for hydroxylation is 1. The zero-order valence-corrected chi connectivity index (χ0v) is 16.2. The second kappa shape index (κ2) is 8.63. The summed E-state index contributed by atoms with van der Waals surface area (Å²) in [4.78, 5) is 24.4. The number of methoxy groups -OCH3 is 1. The van der Waals surface area contributed by atoms with E-state index in [2.05, 4.69) is 10.9 Å². The molecular formula is C21H19ClN2O4. The molecule has 3 rings (SSSR count). The lowest BCUT2D eigenvalue weighted by atomic mass is 10.1. The Bertz CT molecular complexity index is 1040. The Kier molecular flexibility index (Phi) is 6.01. The summed E-state index contributed by atoms with van der Waals surface area (Å²) in [7, 11) is 1.49. The summed E-state index contributed by atoms with van der Waals surface area (Å²) in [6.07, 6.45) is 0. The van der Waals surface area contributed by atoms with Gasteiger partial charge in [-0.1, -0.05) is 35.9 Å². The molecule has 28 heavy (non-hydrogen) atoms. The number of nitrogens with one attached hydrogen (secondary N) is 2. The third-order valence-corrected chi connectivity index (χ3v) is 4.55. The lowest BCUT2D eigenvalue weighted by Gasteiger charge is -2.12. The summed E-state index contributed by atoms with van der Waals surface area (Å²) >= 11 is 5.95. The fraction of sp³-hybridized carbons (Fsp3) is 0.143. The van der Waals surface area contributed by atoms with Gasteiger partial charge in [-0.15, -0.1) is 0 Å². The molecule has 144 valence electrons. The van der Waals surface area contributed by atoms with Gasteiger partial charge in [0.2, 0.25) is 0 Å². The highest BCUT2D eigenvalue weighted by atomic mass is 35.5. The number of hydrogen-bond acceptors (Lipinski definition) is 4. The van der Waals surface area contributed by atoms with Crippen molar-refractivity contribution < 1.29 is 19.1 Å². The van der Waals surface area contributed by atoms with Crippen molar-refractivity contribution in [3.8, 4) is 11.5 Å². The number of amides is 2. The normalized spacial score (nSPS) is 10.4. The van der Waals surface area contributed by atoms with Gasteiger partial charge in [0.25, 0.3) is 11.8 Å². The molecule has 7 heteroatoms. The molecule has 3 aromatic rings. The fourth-order valence-electron chi connectivity index (χ4n) is 2.65. The van der Waals surface area contributed by atoms with Gasteiger partial charge >= 0.3 is 0 Å². The molecule has 0 aliphatic carbocycles. The molecule has 6 nitrogen and oxygen atoms in total. The van der Waals surface area contributed by atoms with Gasteiger partial charge in [0.1, 0.15) is 11.5 Å². The topological polar surface area (TPSA) is 76.7 Å². The van der Waals surface area contributed by atoms with Crippen molar-refractivity contribution in [2.75, 3.05) is 13.7 Å². The van der Waals surface area contributed by atoms with E-state index in [1.54, 1.807) is 30.3 Å². The first-order chi connectivity index (χ1) is 13.5. The number of hydrazine groups is 1. The number of carbonyl (C=O) groups is 2. The highest BCUT2D eigenvalue weighted by molar-refractivity contribution is 6.31. The van der Waals surface area contributed by atoms with Crippen molar-refractivity contribution >= 4 is 34.2 Å². The van der Waals surface area contributed by atoms with Crippen LogP contribution in [0.25, 0.3) is 10.8 Å². The molecule has 0 atom stereocenters. The van der Waals surface area contributed by atoms with Gasteiger partial charge in [0.05, 0.1) is 12.7 Å². The minimum atomic E-state index is -0.499. The summed E-state index contributed by atoms with van der Waals surface area (Å²) in [5, 5.41) is 2.46. The maximum Gasteiger partial charge on any atom is 0.276 e. The summed E-state index contributed by atoms with van der Waals surface area (Å²) in [5.41, 5.74) is 5.87. The number of halogens is 1. The number of fused-ring (bicyclic) bond motifs is 1. The molecule has 0 fully saturated rings. The first-order valence-corrected chi connectivity index (χ1v) is 8.90. The lowest BCUT2D eigenvalue weighted by Crippen LogP contribution is -2.43. The minimum Gasteiger partial charge on any atom is -0.496 e. The quantitative estimate of drug-likeness (QED) is 0.643. The zero-order chi connectivity index (χ0) is 20.1. The number of ether oxygens (including phenoxy) is 2. The van der Waals surface area contributed by atoms with Crippen molar-refractivity contribution in [3.05, 3.63) is 70.7 Å². The molecule has 0 bridgehead atoms. The molecule has 0 spiro atoms. The van der Waals surface area contributed by atoms with Gasteiger partial charge < -0.3 is 9.47 Å². The minimum absolute atomic E-state index is 0.254. The van der Waals surface area contributed by atoms with E-state index in [0.29, 0.717) is 22.1 Å². The zero-order valence-electron chi connectivity index (χ0n) is 15.4. The van der Waals surface area contributed by atoms with Gasteiger partial charge in [0, 0.05) is 5.02 Å². The lowest BCUT2D eigenvalue weighted by molar-refractivity contribution is -0.123. The van der Waals surface area contributed by atoms with E-state index >= 15 is 0 Å². The molecule has 0 aliphatic heterocycles. The molecule has 0 aliphatic rings. The molecule has 0 saturated heterocycles. The van der Waals surface area contributed by atoms with Crippen LogP contribution in [0, 0.1) is 6.92 Å². The summed E-state index contributed by atoms with van der Waals surface area (Å²) in [5.74, 6) is -0.0584. The van der Waals surface area contributed by atoms with Gasteiger partial charge in [-0.2, -0.15) is 0 Å². The Labute approximate surface area is 167 Å². The second-order valence-electron chi connectivity index (χ2n) is 6.10. The molecular weight excluding hydrogens is 380 g/mol. The van der Waals surface area contributed by atoms with E-state index in [1.165, 1.54) is 7.11 Å². The Morgan fingerprint density at radius 2 is 1.71 bits per heavy atom. The number of carbonyl (C=O) groups excluding carboxylic acids is 2. The molecule has 0 aromatic heterocycles. The molecule has 0 unspecified atom stereocenters. The van der Waals surface area contributed by atoms with E-state index in [9.17, 15) is 9.59 Å². The van der Waals surface area contributed by atoms with E-state index in [1.807, 2.05) is 31.2 Å². The molecule has 3 aromatic carbocycles. The number of hydrogen-bond donors (Lipinski definition) is 2. The maximum absolute atomic E-state index is 12.5. The Balaban J connectivity index is 1.61. The van der Waals surface area contributed by atoms with Gasteiger partial charge in [-0.05, 0) is 53.6 Å². The average Bonchev–Trinajstić information content (AvgIpc) is 2.71. The fourth-order valence-corrected chi connectivity index (χ4v) is 2.77. The van der Waals surface area contributed by atoms with Crippen LogP contribution in [0.5, 0.6) is 11.5 Å². The van der Waals surface area contributed by atoms with Crippen LogP contribution in [-0.2, 0) is 4.79 Å². The van der Waals surface area contributed by atoms with Crippen LogP contribution in [0.4, 0.5) is 0 Å². The summed E-state index contributed by atoms with van der Waals surface area (Å²) in [6, 6.07) is 16.2. The van der Waals surface area contributed by atoms with Crippen molar-refractivity contribution in [1.29, 1.82) is 0 Å². The van der Waals surface area contributed by atoms with Crippen molar-refractivity contribution in [1.82, 2.24) is 10.9 Å². The highest BCUT2D eigenvalue weighted by Gasteiger charge is 2.14. The maximum atomic E-state index is 12.5. The van der Waals surface area contributed by atoms with E-state index < -0.39 is 11.8 Å². The van der Waals surface area contributed by atoms with E-state index in [-0.39, 0.29) is 6.61 Å². The highest BCUT2D eigenvalue weighted by Crippen LogP contribution is 2.25. The van der Waals surface area contributed by atoms with E-state index in [0.717, 1.165) is 16.3 Å². The van der Waals surface area contributed by atoms with Crippen LogP contribution in [0.15, 0.2) is 54.6 Å². The molecule has 0 saturated carbocycles. The first kappa shape index (κ1) is 19.5. The molecule has 0 radical (unpaired) electrons. The number of rotatable bonds is 5. The van der Waals surface area contributed by atoms with Gasteiger partial charge in [-0.25, -0.2) is 0 Å². The smallest absolute Gasteiger partial charge is 0.276 e. The van der Waals surface area contributed by atoms with Crippen molar-refractivity contribution in [2.24, 2.45) is 0 Å². The van der Waals surface area contributed by atoms with Gasteiger partial charge in [0.15, 0.2) is 6.61 Å². The van der Waals surface area contributed by atoms with Crippen LogP contribution in [0.1, 0.15) is 15.9 Å². The van der Waals surface area contributed by atoms with Crippen molar-refractivity contribution in [2.45, 2.75) is 6.92 Å². The summed E-state index contributed by atoms with van der Waals surface area (Å²) < 4.78 is 10.7. The Hall–Kier alpha value is -3.25. The largest absolute Gasteiger partial charge is 0.496 e. The average molecular weight is 399 g/mol. The Morgan fingerprint density at radius 1 is 1.00 bits per heavy atom. The van der Waals surface area contributed by atoms with Crippen LogP contribution in [0.2, 0.25) is 5.02 Å². The Morgan fingerprint density at radius 3 is 2.39 bits per heavy atom. The number of benzene rings is 3. The van der Waals surface area contributed by atoms with E-state index in [4.69, 9.17) is 21.1 Å². The molecule has 0 heterocycles. The second-order valence-corrected chi connectivity index (χ2v) is 6.51. The van der Waals surface area contributed by atoms with Crippen molar-refractivity contribution in [3.63, 3.8) is 0 Å². The third kappa shape index (κ3) is 4.53. The standard InChI is InChI=1S/C21H19ClN2O4/c1-13-9-16(7-8-18(13)22)28-12-20(25)23-24-21(26)17-10-14-5-3-4-6-15(14)11-19(17)27-2/h3-11H,12H2,1-2H3,(H,23,25)(H,24,26). The monoisotopic (exact) mass is 398 g/mol. The van der Waals surface area contributed by atoms with Crippen LogP contribution >= 0.6 is 11.6 Å². The van der Waals surface area contributed by atoms with Crippen LogP contribution in [0.3, 0.4) is 0 Å². The molecule has 2 amide bonds. The van der Waals surface area contributed by atoms with Crippen LogP contribution < -0.4 is 20.3 Å². The predicted octanol–water partition coefficient (Wildman–Crippen LogP) is 3.65. The SMILES string of the molecule is COc1cc2ccccc2cc1C(=O)NNC(=O)COc1ccc(Cl)c(C)c1. The third-order valence-electron chi connectivity index (χ3n) is 4.13. The predicted molar refractivity (Wildman–Crippen MR) is 108 cm³/mol. The van der Waals surface area contributed by atoms with Gasteiger partial charge in [-0.3, -0.25) is 20.4 Å². The van der Waals surface area contributed by atoms with Crippen LogP contribution in [-0.4, -0.2) is 25.5 Å². The summed E-state index contributed by atoms with van der Waals surface area (Å²) in [6.45, 7) is 1.59. The molecule has 2 N–H and O–H groups in total.